The SMILES string of the molecule is Cc1ccc2c(Cc3c[nH]c4cc(C)ccc34)c[nH]c2c1. The monoisotopic (exact) mass is 274 g/mol. The highest BCUT2D eigenvalue weighted by Crippen LogP contribution is 2.26. The van der Waals surface area contributed by atoms with Gasteiger partial charge in [-0.05, 0) is 48.2 Å². The Kier molecular flexibility index (Phi) is 2.64. The molecule has 0 amide bonds. The maximum Gasteiger partial charge on any atom is 0.0459 e. The van der Waals surface area contributed by atoms with Crippen molar-refractivity contribution in [2.24, 2.45) is 0 Å². The average molecular weight is 274 g/mol. The van der Waals surface area contributed by atoms with Crippen LogP contribution in [0.2, 0.25) is 0 Å². The average Bonchev–Trinajstić information content (AvgIpc) is 3.03. The number of benzene rings is 2. The standard InChI is InChI=1S/C19H18N2/c1-12-3-5-16-14(10-20-18(16)7-12)9-15-11-21-19-8-13(2)4-6-17(15)19/h3-8,10-11,20-21H,9H2,1-2H3. The van der Waals surface area contributed by atoms with Crippen LogP contribution >= 0.6 is 0 Å². The Morgan fingerprint density at radius 2 is 1.19 bits per heavy atom. The number of hydrogen-bond donors (Lipinski definition) is 2. The number of fused-ring (bicyclic) bond motifs is 2. The molecule has 2 heteroatoms. The number of aromatic nitrogens is 2. The van der Waals surface area contributed by atoms with Gasteiger partial charge in [0.05, 0.1) is 0 Å². The van der Waals surface area contributed by atoms with Crippen LogP contribution in [0.5, 0.6) is 0 Å². The molecule has 0 bridgehead atoms. The van der Waals surface area contributed by atoms with Gasteiger partial charge in [-0.2, -0.15) is 0 Å². The van der Waals surface area contributed by atoms with Crippen LogP contribution in [0.1, 0.15) is 22.3 Å². The Morgan fingerprint density at radius 3 is 1.67 bits per heavy atom. The number of nitrogens with one attached hydrogen (secondary N) is 2. The lowest BCUT2D eigenvalue weighted by Gasteiger charge is -2.00. The third-order valence-corrected chi connectivity index (χ3v) is 4.23. The Bertz CT molecular complexity index is 863. The molecule has 0 saturated carbocycles. The highest BCUT2D eigenvalue weighted by molar-refractivity contribution is 5.87. The van der Waals surface area contributed by atoms with E-state index < -0.39 is 0 Å². The van der Waals surface area contributed by atoms with Crippen LogP contribution in [0, 0.1) is 13.8 Å². The number of hydrogen-bond acceptors (Lipinski definition) is 0. The van der Waals surface area contributed by atoms with E-state index in [4.69, 9.17) is 0 Å². The fraction of sp³-hybridized carbons (Fsp3) is 0.158. The maximum atomic E-state index is 3.39. The minimum absolute atomic E-state index is 0.951. The molecule has 2 heterocycles. The van der Waals surface area contributed by atoms with Gasteiger partial charge in [0.25, 0.3) is 0 Å². The first-order valence-corrected chi connectivity index (χ1v) is 7.34. The topological polar surface area (TPSA) is 31.6 Å². The summed E-state index contributed by atoms with van der Waals surface area (Å²) in [6.07, 6.45) is 5.22. The quantitative estimate of drug-likeness (QED) is 0.523. The third kappa shape index (κ3) is 2.04. The summed E-state index contributed by atoms with van der Waals surface area (Å²) < 4.78 is 0. The largest absolute Gasteiger partial charge is 0.361 e. The van der Waals surface area contributed by atoms with Gasteiger partial charge in [0.2, 0.25) is 0 Å². The molecule has 0 aliphatic rings. The van der Waals surface area contributed by atoms with Crippen LogP contribution < -0.4 is 0 Å². The number of rotatable bonds is 2. The number of aromatic amines is 2. The van der Waals surface area contributed by atoms with Crippen molar-refractivity contribution in [2.45, 2.75) is 20.3 Å². The van der Waals surface area contributed by atoms with Crippen molar-refractivity contribution in [3.8, 4) is 0 Å². The van der Waals surface area contributed by atoms with Crippen molar-refractivity contribution in [1.29, 1.82) is 0 Å². The maximum absolute atomic E-state index is 3.39. The molecule has 2 aromatic carbocycles. The van der Waals surface area contributed by atoms with Crippen molar-refractivity contribution in [3.05, 3.63) is 71.0 Å². The van der Waals surface area contributed by atoms with Crippen LogP contribution in [0.4, 0.5) is 0 Å². The lowest BCUT2D eigenvalue weighted by atomic mass is 10.0. The Labute approximate surface area is 123 Å². The molecule has 0 spiro atoms. The van der Waals surface area contributed by atoms with Gasteiger partial charge in [0.15, 0.2) is 0 Å². The molecule has 104 valence electrons. The summed E-state index contributed by atoms with van der Waals surface area (Å²) in [7, 11) is 0. The minimum Gasteiger partial charge on any atom is -0.361 e. The summed E-state index contributed by atoms with van der Waals surface area (Å²) in [5.74, 6) is 0. The van der Waals surface area contributed by atoms with Gasteiger partial charge in [-0.25, -0.2) is 0 Å². The van der Waals surface area contributed by atoms with Crippen molar-refractivity contribution < 1.29 is 0 Å². The van der Waals surface area contributed by atoms with Crippen molar-refractivity contribution in [1.82, 2.24) is 9.97 Å². The van der Waals surface area contributed by atoms with Crippen LogP contribution in [-0.2, 0) is 6.42 Å². The van der Waals surface area contributed by atoms with E-state index in [1.807, 2.05) is 0 Å². The molecular weight excluding hydrogens is 256 g/mol. The first kappa shape index (κ1) is 12.3. The molecule has 4 rings (SSSR count). The van der Waals surface area contributed by atoms with Crippen LogP contribution in [0.25, 0.3) is 21.8 Å². The molecule has 0 unspecified atom stereocenters. The Hall–Kier alpha value is -2.48. The molecule has 0 aliphatic carbocycles. The molecule has 0 atom stereocenters. The molecule has 2 nitrogen and oxygen atoms in total. The summed E-state index contributed by atoms with van der Waals surface area (Å²) in [5, 5.41) is 2.64. The second-order valence-electron chi connectivity index (χ2n) is 5.90. The predicted octanol–water partition coefficient (Wildman–Crippen LogP) is 4.86. The smallest absolute Gasteiger partial charge is 0.0459 e. The van der Waals surface area contributed by atoms with Gasteiger partial charge in [-0.15, -0.1) is 0 Å². The zero-order valence-corrected chi connectivity index (χ0v) is 12.3. The zero-order valence-electron chi connectivity index (χ0n) is 12.3. The molecular formula is C19H18N2. The van der Waals surface area contributed by atoms with Gasteiger partial charge >= 0.3 is 0 Å². The summed E-state index contributed by atoms with van der Waals surface area (Å²) >= 11 is 0. The Morgan fingerprint density at radius 1 is 0.714 bits per heavy atom. The lowest BCUT2D eigenvalue weighted by Crippen LogP contribution is -1.85. The molecule has 4 aromatic rings. The first-order chi connectivity index (χ1) is 10.2. The third-order valence-electron chi connectivity index (χ3n) is 4.23. The summed E-state index contributed by atoms with van der Waals surface area (Å²) in [6, 6.07) is 13.2. The van der Waals surface area contributed by atoms with E-state index >= 15 is 0 Å². The highest BCUT2D eigenvalue weighted by Gasteiger charge is 2.08. The fourth-order valence-electron chi connectivity index (χ4n) is 3.10. The lowest BCUT2D eigenvalue weighted by molar-refractivity contribution is 1.22. The highest BCUT2D eigenvalue weighted by atomic mass is 14.7. The van der Waals surface area contributed by atoms with Crippen LogP contribution in [-0.4, -0.2) is 9.97 Å². The van der Waals surface area contributed by atoms with E-state index in [2.05, 4.69) is 72.6 Å². The second kappa shape index (κ2) is 4.52. The first-order valence-electron chi connectivity index (χ1n) is 7.34. The van der Waals surface area contributed by atoms with E-state index in [-0.39, 0.29) is 0 Å². The van der Waals surface area contributed by atoms with Gasteiger partial charge in [0, 0.05) is 40.6 Å². The van der Waals surface area contributed by atoms with Crippen molar-refractivity contribution >= 4 is 21.8 Å². The Balaban J connectivity index is 1.79. The molecule has 0 fully saturated rings. The van der Waals surface area contributed by atoms with Crippen LogP contribution in [0.3, 0.4) is 0 Å². The van der Waals surface area contributed by atoms with Crippen molar-refractivity contribution in [2.75, 3.05) is 0 Å². The van der Waals surface area contributed by atoms with E-state index in [0.29, 0.717) is 0 Å². The summed E-state index contributed by atoms with van der Waals surface area (Å²) in [5.41, 5.74) is 7.73. The van der Waals surface area contributed by atoms with E-state index in [1.54, 1.807) is 0 Å². The van der Waals surface area contributed by atoms with Crippen LogP contribution in [0.15, 0.2) is 48.8 Å². The molecule has 0 aliphatic heterocycles. The number of aryl methyl sites for hydroxylation is 2. The molecule has 21 heavy (non-hydrogen) atoms. The second-order valence-corrected chi connectivity index (χ2v) is 5.90. The van der Waals surface area contributed by atoms with Gasteiger partial charge in [0.1, 0.15) is 0 Å². The minimum atomic E-state index is 0.951. The molecule has 0 saturated heterocycles. The van der Waals surface area contributed by atoms with Gasteiger partial charge in [-0.3, -0.25) is 0 Å². The summed E-state index contributed by atoms with van der Waals surface area (Å²) in [6.45, 7) is 4.25. The van der Waals surface area contributed by atoms with E-state index in [1.165, 1.54) is 44.1 Å². The van der Waals surface area contributed by atoms with Gasteiger partial charge in [-0.1, -0.05) is 24.3 Å². The summed E-state index contributed by atoms with van der Waals surface area (Å²) in [4.78, 5) is 6.78. The van der Waals surface area contributed by atoms with Gasteiger partial charge < -0.3 is 9.97 Å². The molecule has 2 N–H and O–H groups in total. The number of H-pyrrole nitrogens is 2. The fourth-order valence-corrected chi connectivity index (χ4v) is 3.10. The van der Waals surface area contributed by atoms with E-state index in [9.17, 15) is 0 Å². The predicted molar refractivity (Wildman–Crippen MR) is 88.9 cm³/mol. The van der Waals surface area contributed by atoms with E-state index in [0.717, 1.165) is 6.42 Å². The normalized spacial score (nSPS) is 11.5. The zero-order chi connectivity index (χ0) is 14.4. The van der Waals surface area contributed by atoms with Crippen molar-refractivity contribution in [3.63, 3.8) is 0 Å². The molecule has 0 radical (unpaired) electrons. The molecule has 2 aromatic heterocycles.